The van der Waals surface area contributed by atoms with Crippen molar-refractivity contribution in [2.45, 2.75) is 40.0 Å². The molecule has 0 radical (unpaired) electrons. The predicted molar refractivity (Wildman–Crippen MR) is 85.8 cm³/mol. The summed E-state index contributed by atoms with van der Waals surface area (Å²) in [7, 11) is 0. The Kier molecular flexibility index (Phi) is 7.29. The van der Waals surface area contributed by atoms with Crippen LogP contribution in [0.25, 0.3) is 0 Å². The fraction of sp³-hybridized carbons (Fsp3) is 0.471. The Morgan fingerprint density at radius 1 is 1.27 bits per heavy atom. The number of hydrogen-bond acceptors (Lipinski definition) is 4. The first-order valence-corrected chi connectivity index (χ1v) is 7.45. The zero-order valence-electron chi connectivity index (χ0n) is 13.4. The van der Waals surface area contributed by atoms with E-state index in [-0.39, 0.29) is 5.69 Å². The van der Waals surface area contributed by atoms with Gasteiger partial charge in [0.2, 0.25) is 0 Å². The van der Waals surface area contributed by atoms with Crippen molar-refractivity contribution in [3.8, 4) is 0 Å². The van der Waals surface area contributed by atoms with Gasteiger partial charge in [-0.2, -0.15) is 0 Å². The number of carbonyl (C=O) groups is 1. The summed E-state index contributed by atoms with van der Waals surface area (Å²) in [6, 6.07) is 5.44. The monoisotopic (exact) mass is 305 g/mol. The lowest BCUT2D eigenvalue weighted by Gasteiger charge is -2.10. The van der Waals surface area contributed by atoms with E-state index in [0.717, 1.165) is 19.3 Å². The second-order valence-corrected chi connectivity index (χ2v) is 5.69. The van der Waals surface area contributed by atoms with E-state index < -0.39 is 10.9 Å². The average Bonchev–Trinajstić information content (AvgIpc) is 2.46. The first-order chi connectivity index (χ1) is 10.4. The Labute approximate surface area is 131 Å². The van der Waals surface area contributed by atoms with Crippen molar-refractivity contribution < 1.29 is 14.5 Å². The molecule has 0 aliphatic carbocycles. The summed E-state index contributed by atoms with van der Waals surface area (Å²) in [6.45, 7) is 6.66. The molecular weight excluding hydrogens is 282 g/mol. The number of nitro groups is 1. The zero-order valence-corrected chi connectivity index (χ0v) is 13.4. The Morgan fingerprint density at radius 2 is 1.91 bits per heavy atom. The van der Waals surface area contributed by atoms with E-state index in [1.165, 1.54) is 29.8 Å². The van der Waals surface area contributed by atoms with Gasteiger partial charge in [0.1, 0.15) is 0 Å². The Hall–Kier alpha value is -2.17. The maximum Gasteiger partial charge on any atom is 0.338 e. The molecule has 0 fully saturated rings. The van der Waals surface area contributed by atoms with Crippen LogP contribution >= 0.6 is 0 Å². The molecule has 120 valence electrons. The van der Waals surface area contributed by atoms with E-state index in [9.17, 15) is 14.9 Å². The van der Waals surface area contributed by atoms with Gasteiger partial charge >= 0.3 is 5.97 Å². The quantitative estimate of drug-likeness (QED) is 0.306. The van der Waals surface area contributed by atoms with Crippen LogP contribution in [0.3, 0.4) is 0 Å². The molecule has 1 atom stereocenters. The summed E-state index contributed by atoms with van der Waals surface area (Å²) >= 11 is 0. The summed E-state index contributed by atoms with van der Waals surface area (Å²) in [4.78, 5) is 21.9. The number of nitro benzene ring substituents is 1. The van der Waals surface area contributed by atoms with E-state index >= 15 is 0 Å². The number of esters is 1. The van der Waals surface area contributed by atoms with Crippen molar-refractivity contribution in [2.24, 2.45) is 5.92 Å². The zero-order chi connectivity index (χ0) is 16.5. The highest BCUT2D eigenvalue weighted by Gasteiger charge is 2.11. The topological polar surface area (TPSA) is 69.4 Å². The first-order valence-electron chi connectivity index (χ1n) is 7.45. The summed E-state index contributed by atoms with van der Waals surface area (Å²) in [5, 5.41) is 10.5. The van der Waals surface area contributed by atoms with Gasteiger partial charge in [-0.15, -0.1) is 0 Å². The molecule has 0 spiro atoms. The third-order valence-electron chi connectivity index (χ3n) is 3.37. The predicted octanol–water partition coefficient (Wildman–Crippen LogP) is 4.52. The summed E-state index contributed by atoms with van der Waals surface area (Å²) in [5.41, 5.74) is 1.61. The van der Waals surface area contributed by atoms with Crippen molar-refractivity contribution in [2.75, 3.05) is 6.61 Å². The van der Waals surface area contributed by atoms with E-state index in [4.69, 9.17) is 4.74 Å². The molecule has 1 rings (SSSR count). The van der Waals surface area contributed by atoms with Crippen molar-refractivity contribution in [3.63, 3.8) is 0 Å². The molecule has 0 N–H and O–H groups in total. The van der Waals surface area contributed by atoms with Gasteiger partial charge in [-0.05, 0) is 51.2 Å². The molecule has 22 heavy (non-hydrogen) atoms. The number of ether oxygens (including phenoxy) is 1. The van der Waals surface area contributed by atoms with Crippen molar-refractivity contribution in [1.82, 2.24) is 0 Å². The lowest BCUT2D eigenvalue weighted by Crippen LogP contribution is -2.09. The van der Waals surface area contributed by atoms with Crippen LogP contribution in [0.5, 0.6) is 0 Å². The van der Waals surface area contributed by atoms with Gasteiger partial charge in [-0.3, -0.25) is 10.1 Å². The van der Waals surface area contributed by atoms with Crippen molar-refractivity contribution >= 4 is 11.7 Å². The third kappa shape index (κ3) is 6.52. The minimum absolute atomic E-state index is 0.0376. The van der Waals surface area contributed by atoms with Gasteiger partial charge in [0.05, 0.1) is 17.1 Å². The van der Waals surface area contributed by atoms with Gasteiger partial charge < -0.3 is 4.74 Å². The summed E-state index contributed by atoms with van der Waals surface area (Å²) in [5.74, 6) is 0.0478. The van der Waals surface area contributed by atoms with Crippen LogP contribution in [-0.2, 0) is 4.74 Å². The van der Waals surface area contributed by atoms with Gasteiger partial charge in [0, 0.05) is 12.1 Å². The van der Waals surface area contributed by atoms with E-state index in [0.29, 0.717) is 18.1 Å². The van der Waals surface area contributed by atoms with E-state index in [1.54, 1.807) is 0 Å². The first kappa shape index (κ1) is 17.9. The molecule has 0 aliphatic heterocycles. The molecule has 5 nitrogen and oxygen atoms in total. The molecule has 0 saturated carbocycles. The standard InChI is InChI=1S/C17H23NO4/c1-13(2)5-4-6-14(3)11-12-22-17(19)15-7-9-16(10-8-15)18(20)21/h5,7-10,14H,4,6,11-12H2,1-3H3/t14-/m1/s1. The van der Waals surface area contributed by atoms with Crippen LogP contribution in [0.15, 0.2) is 35.9 Å². The SMILES string of the molecule is CC(C)=CCC[C@@H](C)CCOC(=O)c1ccc([N+](=O)[O-])cc1. The summed E-state index contributed by atoms with van der Waals surface area (Å²) in [6.07, 6.45) is 5.13. The highest BCUT2D eigenvalue weighted by atomic mass is 16.6. The van der Waals surface area contributed by atoms with Crippen LogP contribution in [0, 0.1) is 16.0 Å². The fourth-order valence-electron chi connectivity index (χ4n) is 1.96. The molecule has 0 aromatic heterocycles. The highest BCUT2D eigenvalue weighted by molar-refractivity contribution is 5.89. The fourth-order valence-corrected chi connectivity index (χ4v) is 1.96. The van der Waals surface area contributed by atoms with Gasteiger partial charge in [-0.25, -0.2) is 4.79 Å². The summed E-state index contributed by atoms with van der Waals surface area (Å²) < 4.78 is 5.20. The highest BCUT2D eigenvalue weighted by Crippen LogP contribution is 2.14. The number of carbonyl (C=O) groups excluding carboxylic acids is 1. The maximum absolute atomic E-state index is 11.8. The number of non-ortho nitro benzene ring substituents is 1. The minimum atomic E-state index is -0.497. The number of allylic oxidation sites excluding steroid dienone is 2. The van der Waals surface area contributed by atoms with E-state index in [2.05, 4.69) is 26.8 Å². The number of benzene rings is 1. The molecule has 0 amide bonds. The molecule has 0 bridgehead atoms. The van der Waals surface area contributed by atoms with Crippen LogP contribution in [-0.4, -0.2) is 17.5 Å². The van der Waals surface area contributed by atoms with Crippen molar-refractivity contribution in [1.29, 1.82) is 0 Å². The van der Waals surface area contributed by atoms with Gasteiger partial charge in [-0.1, -0.05) is 18.6 Å². The average molecular weight is 305 g/mol. The third-order valence-corrected chi connectivity index (χ3v) is 3.37. The minimum Gasteiger partial charge on any atom is -0.462 e. The number of nitrogens with zero attached hydrogens (tertiary/aromatic N) is 1. The van der Waals surface area contributed by atoms with Gasteiger partial charge in [0.15, 0.2) is 0 Å². The van der Waals surface area contributed by atoms with Crippen LogP contribution < -0.4 is 0 Å². The van der Waals surface area contributed by atoms with Crippen LogP contribution in [0.1, 0.15) is 50.4 Å². The Balaban J connectivity index is 2.33. The smallest absolute Gasteiger partial charge is 0.338 e. The molecule has 0 heterocycles. The largest absolute Gasteiger partial charge is 0.462 e. The van der Waals surface area contributed by atoms with Crippen LogP contribution in [0.2, 0.25) is 0 Å². The number of hydrogen-bond donors (Lipinski definition) is 0. The second-order valence-electron chi connectivity index (χ2n) is 5.69. The Bertz CT molecular complexity index is 530. The molecule has 0 aliphatic rings. The van der Waals surface area contributed by atoms with Crippen LogP contribution in [0.4, 0.5) is 5.69 Å². The molecule has 0 unspecified atom stereocenters. The molecular formula is C17H23NO4. The molecule has 1 aromatic carbocycles. The molecule has 1 aromatic rings. The maximum atomic E-state index is 11.8. The second kappa shape index (κ2) is 8.97. The van der Waals surface area contributed by atoms with Crippen molar-refractivity contribution in [3.05, 3.63) is 51.6 Å². The van der Waals surface area contributed by atoms with Gasteiger partial charge in [0.25, 0.3) is 5.69 Å². The normalized spacial score (nSPS) is 11.6. The lowest BCUT2D eigenvalue weighted by molar-refractivity contribution is -0.384. The number of rotatable bonds is 8. The van der Waals surface area contributed by atoms with E-state index in [1.807, 2.05) is 0 Å². The molecule has 0 saturated heterocycles. The lowest BCUT2D eigenvalue weighted by atomic mass is 10.0. The Morgan fingerprint density at radius 3 is 2.45 bits per heavy atom. The molecule has 5 heteroatoms.